The van der Waals surface area contributed by atoms with E-state index in [4.69, 9.17) is 9.47 Å². The second kappa shape index (κ2) is 9.52. The number of rotatable bonds is 5. The van der Waals surface area contributed by atoms with Crippen LogP contribution in [0.2, 0.25) is 0 Å². The normalized spacial score (nSPS) is 21.6. The Morgan fingerprint density at radius 3 is 2.47 bits per heavy atom. The number of likely N-dealkylation sites (tertiary alicyclic amines) is 1. The van der Waals surface area contributed by atoms with Crippen molar-refractivity contribution in [3.63, 3.8) is 0 Å². The molecule has 3 heterocycles. The van der Waals surface area contributed by atoms with Crippen molar-refractivity contribution in [1.29, 1.82) is 0 Å². The van der Waals surface area contributed by atoms with Gasteiger partial charge in [0.15, 0.2) is 11.5 Å². The molecule has 0 aliphatic carbocycles. The molecule has 0 radical (unpaired) electrons. The fourth-order valence-corrected chi connectivity index (χ4v) is 6.39. The van der Waals surface area contributed by atoms with Gasteiger partial charge in [0.2, 0.25) is 15.9 Å². The van der Waals surface area contributed by atoms with E-state index in [-0.39, 0.29) is 49.6 Å². The first kappa shape index (κ1) is 23.1. The number of carbonyl (C=O) groups excluding carboxylic acids is 1. The average molecular weight is 490 g/mol. The number of benzene rings is 2. The number of ether oxygens (including phenoxy) is 2. The number of carbonyl (C=O) groups is 1. The highest BCUT2D eigenvalue weighted by atomic mass is 32.2. The van der Waals surface area contributed by atoms with Crippen LogP contribution in [0.4, 0.5) is 4.39 Å². The topological polar surface area (TPSA) is 79.4 Å². The molecule has 3 aliphatic heterocycles. The van der Waals surface area contributed by atoms with E-state index in [1.807, 2.05) is 18.2 Å². The summed E-state index contributed by atoms with van der Waals surface area (Å²) in [6.07, 6.45) is 1.96. The Morgan fingerprint density at radius 2 is 1.71 bits per heavy atom. The molecular formula is C24H28FN3O5S. The van der Waals surface area contributed by atoms with Gasteiger partial charge in [0.25, 0.3) is 0 Å². The number of fused-ring (bicyclic) bond motifs is 1. The Labute approximate surface area is 198 Å². The zero-order valence-electron chi connectivity index (χ0n) is 18.9. The quantitative estimate of drug-likeness (QED) is 0.641. The second-order valence-electron chi connectivity index (χ2n) is 8.75. The number of hydrogen-bond donors (Lipinski definition) is 0. The lowest BCUT2D eigenvalue weighted by Gasteiger charge is -2.35. The first-order valence-electron chi connectivity index (χ1n) is 11.6. The summed E-state index contributed by atoms with van der Waals surface area (Å²) in [7, 11) is -3.93. The van der Waals surface area contributed by atoms with E-state index in [0.717, 1.165) is 42.5 Å². The molecule has 3 aliphatic rings. The van der Waals surface area contributed by atoms with Crippen LogP contribution in [0, 0.1) is 5.82 Å². The zero-order chi connectivity index (χ0) is 23.7. The summed E-state index contributed by atoms with van der Waals surface area (Å²) in [5, 5.41) is 0. The fraction of sp³-hybridized carbons (Fsp3) is 0.458. The molecule has 2 fully saturated rings. The molecule has 8 nitrogen and oxygen atoms in total. The summed E-state index contributed by atoms with van der Waals surface area (Å²) in [4.78, 5) is 16.6. The average Bonchev–Trinajstić information content (AvgIpc) is 3.32. The minimum Gasteiger partial charge on any atom is -0.486 e. The van der Waals surface area contributed by atoms with E-state index < -0.39 is 15.8 Å². The van der Waals surface area contributed by atoms with Gasteiger partial charge >= 0.3 is 0 Å². The number of sulfonamides is 1. The molecule has 0 aromatic heterocycles. The van der Waals surface area contributed by atoms with Crippen LogP contribution in [0.1, 0.15) is 24.4 Å². The summed E-state index contributed by atoms with van der Waals surface area (Å²) in [5.41, 5.74) is 1.11. The molecule has 0 saturated carbocycles. The molecule has 1 unspecified atom stereocenters. The minimum atomic E-state index is -3.93. The van der Waals surface area contributed by atoms with Gasteiger partial charge in [-0.05, 0) is 49.2 Å². The van der Waals surface area contributed by atoms with Gasteiger partial charge in [-0.3, -0.25) is 9.69 Å². The van der Waals surface area contributed by atoms with Crippen LogP contribution in [0.3, 0.4) is 0 Å². The van der Waals surface area contributed by atoms with Gasteiger partial charge in [-0.2, -0.15) is 4.31 Å². The first-order valence-corrected chi connectivity index (χ1v) is 13.0. The number of halogens is 1. The molecule has 34 heavy (non-hydrogen) atoms. The van der Waals surface area contributed by atoms with Crippen LogP contribution in [0.25, 0.3) is 0 Å². The Kier molecular flexibility index (Phi) is 6.46. The molecule has 10 heteroatoms. The number of hydrogen-bond acceptors (Lipinski definition) is 6. The third-order valence-electron chi connectivity index (χ3n) is 6.70. The van der Waals surface area contributed by atoms with E-state index in [2.05, 4.69) is 4.90 Å². The highest BCUT2D eigenvalue weighted by molar-refractivity contribution is 7.89. The number of nitrogens with zero attached hydrogens (tertiary/aromatic N) is 3. The van der Waals surface area contributed by atoms with E-state index in [0.29, 0.717) is 13.2 Å². The summed E-state index contributed by atoms with van der Waals surface area (Å²) in [6.45, 7) is 3.05. The van der Waals surface area contributed by atoms with Crippen molar-refractivity contribution in [3.05, 3.63) is 53.8 Å². The van der Waals surface area contributed by atoms with Crippen LogP contribution in [0.5, 0.6) is 11.5 Å². The summed E-state index contributed by atoms with van der Waals surface area (Å²) in [5.74, 6) is 0.709. The van der Waals surface area contributed by atoms with Crippen molar-refractivity contribution >= 4 is 15.9 Å². The standard InChI is InChI=1S/C24H28FN3O5S/c25-19-4-1-2-6-23(19)34(30,31)28-12-10-26(11-13-28)24(29)17-27-9-3-5-20(27)18-7-8-21-22(16-18)33-15-14-32-21/h1-2,4,6-8,16,20H,3,5,9-15,17H2. The van der Waals surface area contributed by atoms with Crippen molar-refractivity contribution in [2.75, 3.05) is 52.5 Å². The van der Waals surface area contributed by atoms with Crippen molar-refractivity contribution < 1.29 is 27.1 Å². The first-order chi connectivity index (χ1) is 16.4. The largest absolute Gasteiger partial charge is 0.486 e. The molecule has 0 N–H and O–H groups in total. The molecule has 2 aromatic rings. The fourth-order valence-electron chi connectivity index (χ4n) is 4.90. The van der Waals surface area contributed by atoms with E-state index >= 15 is 0 Å². The summed E-state index contributed by atoms with van der Waals surface area (Å²) in [6, 6.07) is 11.5. The molecule has 0 bridgehead atoms. The van der Waals surface area contributed by atoms with Gasteiger partial charge in [-0.25, -0.2) is 12.8 Å². The number of amides is 1. The molecule has 2 saturated heterocycles. The molecule has 182 valence electrons. The zero-order valence-corrected chi connectivity index (χ0v) is 19.7. The molecule has 1 amide bonds. The Bertz CT molecular complexity index is 1170. The van der Waals surface area contributed by atoms with Gasteiger partial charge in [-0.1, -0.05) is 18.2 Å². The van der Waals surface area contributed by atoms with Gasteiger partial charge in [0.1, 0.15) is 23.9 Å². The molecule has 2 aromatic carbocycles. The Balaban J connectivity index is 1.20. The van der Waals surface area contributed by atoms with Gasteiger partial charge in [-0.15, -0.1) is 0 Å². The maximum atomic E-state index is 14.1. The van der Waals surface area contributed by atoms with Crippen molar-refractivity contribution in [1.82, 2.24) is 14.1 Å². The monoisotopic (exact) mass is 489 g/mol. The SMILES string of the molecule is O=C(CN1CCCC1c1ccc2c(c1)OCCO2)N1CCN(S(=O)(=O)c2ccccc2F)CC1. The molecule has 1 atom stereocenters. The van der Waals surface area contributed by atoms with Crippen LogP contribution < -0.4 is 9.47 Å². The lowest BCUT2D eigenvalue weighted by molar-refractivity contribution is -0.133. The Hall–Kier alpha value is -2.69. The third-order valence-corrected chi connectivity index (χ3v) is 8.63. The maximum Gasteiger partial charge on any atom is 0.246 e. The lowest BCUT2D eigenvalue weighted by Crippen LogP contribution is -2.52. The third kappa shape index (κ3) is 4.49. The van der Waals surface area contributed by atoms with Crippen molar-refractivity contribution in [2.24, 2.45) is 0 Å². The predicted molar refractivity (Wildman–Crippen MR) is 123 cm³/mol. The Morgan fingerprint density at radius 1 is 0.971 bits per heavy atom. The van der Waals surface area contributed by atoms with Crippen molar-refractivity contribution in [3.8, 4) is 11.5 Å². The smallest absolute Gasteiger partial charge is 0.246 e. The molecule has 5 rings (SSSR count). The van der Waals surface area contributed by atoms with E-state index in [1.54, 1.807) is 4.90 Å². The molecule has 0 spiro atoms. The number of piperazine rings is 1. The minimum absolute atomic E-state index is 0.0209. The van der Waals surface area contributed by atoms with Gasteiger partial charge < -0.3 is 14.4 Å². The van der Waals surface area contributed by atoms with Crippen molar-refractivity contribution in [2.45, 2.75) is 23.8 Å². The summed E-state index contributed by atoms with van der Waals surface area (Å²) < 4.78 is 52.3. The predicted octanol–water partition coefficient (Wildman–Crippen LogP) is 2.27. The highest BCUT2D eigenvalue weighted by Gasteiger charge is 2.34. The second-order valence-corrected chi connectivity index (χ2v) is 10.7. The van der Waals surface area contributed by atoms with Crippen LogP contribution in [-0.4, -0.2) is 80.9 Å². The lowest BCUT2D eigenvalue weighted by atomic mass is 10.0. The van der Waals surface area contributed by atoms with E-state index in [9.17, 15) is 17.6 Å². The van der Waals surface area contributed by atoms with Crippen LogP contribution >= 0.6 is 0 Å². The maximum absolute atomic E-state index is 14.1. The van der Waals surface area contributed by atoms with Gasteiger partial charge in [0.05, 0.1) is 6.54 Å². The highest BCUT2D eigenvalue weighted by Crippen LogP contribution is 2.38. The molecular weight excluding hydrogens is 461 g/mol. The van der Waals surface area contributed by atoms with Crippen LogP contribution in [-0.2, 0) is 14.8 Å². The van der Waals surface area contributed by atoms with E-state index in [1.165, 1.54) is 22.5 Å². The summed E-state index contributed by atoms with van der Waals surface area (Å²) >= 11 is 0. The van der Waals surface area contributed by atoms with Gasteiger partial charge in [0, 0.05) is 32.2 Å². The van der Waals surface area contributed by atoms with Crippen LogP contribution in [0.15, 0.2) is 47.4 Å².